The minimum Gasteiger partial charge on any atom is -0.370 e. The van der Waals surface area contributed by atoms with Crippen molar-refractivity contribution in [3.63, 3.8) is 0 Å². The molecule has 0 aliphatic carbocycles. The molecule has 1 aromatic carbocycles. The molecule has 6 nitrogen and oxygen atoms in total. The van der Waals surface area contributed by atoms with Gasteiger partial charge in [-0.15, -0.1) is 0 Å². The zero-order valence-corrected chi connectivity index (χ0v) is 14.9. The largest absolute Gasteiger partial charge is 0.370 e. The van der Waals surface area contributed by atoms with Gasteiger partial charge in [-0.05, 0) is 43.2 Å². The topological polar surface area (TPSA) is 79.8 Å². The van der Waals surface area contributed by atoms with Crippen LogP contribution in [0.25, 0.3) is 11.4 Å². The molecule has 0 radical (unpaired) electrons. The van der Waals surface area contributed by atoms with Gasteiger partial charge in [-0.1, -0.05) is 12.1 Å². The molecule has 2 heterocycles. The standard InChI is InChI=1S/C20H21N5O/c1-14-11-18(25-19(24-14)17-7-4-9-22-13-17)23-10-8-15-5-3-6-16(12-15)20(26)21-2/h3-7,9,11-13H,8,10H2,1-2H3,(H,21,26)(H,23,24,25). The van der Waals surface area contributed by atoms with Crippen molar-refractivity contribution in [2.75, 3.05) is 18.9 Å². The molecule has 0 fully saturated rings. The van der Waals surface area contributed by atoms with Gasteiger partial charge in [-0.25, -0.2) is 9.97 Å². The predicted octanol–water partition coefficient (Wildman–Crippen LogP) is 2.86. The number of pyridine rings is 1. The molecule has 1 amide bonds. The van der Waals surface area contributed by atoms with Gasteiger partial charge in [-0.2, -0.15) is 0 Å². The maximum atomic E-state index is 11.7. The molecule has 2 aromatic heterocycles. The monoisotopic (exact) mass is 347 g/mol. The SMILES string of the molecule is CNC(=O)c1cccc(CCNc2cc(C)nc(-c3cccnc3)n2)c1. The van der Waals surface area contributed by atoms with Crippen molar-refractivity contribution in [1.82, 2.24) is 20.3 Å². The third-order valence-corrected chi connectivity index (χ3v) is 3.91. The lowest BCUT2D eigenvalue weighted by molar-refractivity contribution is 0.0963. The Hall–Kier alpha value is -3.28. The quantitative estimate of drug-likeness (QED) is 0.717. The van der Waals surface area contributed by atoms with Gasteiger partial charge in [0.25, 0.3) is 5.91 Å². The first kappa shape index (κ1) is 17.5. The highest BCUT2D eigenvalue weighted by molar-refractivity contribution is 5.94. The van der Waals surface area contributed by atoms with E-state index in [1.807, 2.05) is 49.4 Å². The average Bonchev–Trinajstić information content (AvgIpc) is 2.68. The molecule has 26 heavy (non-hydrogen) atoms. The minimum atomic E-state index is -0.0765. The van der Waals surface area contributed by atoms with Crippen molar-refractivity contribution in [1.29, 1.82) is 0 Å². The molecule has 0 unspecified atom stereocenters. The van der Waals surface area contributed by atoms with Gasteiger partial charge in [0.05, 0.1) is 0 Å². The normalized spacial score (nSPS) is 10.4. The van der Waals surface area contributed by atoms with E-state index < -0.39 is 0 Å². The zero-order chi connectivity index (χ0) is 18.4. The van der Waals surface area contributed by atoms with Crippen LogP contribution < -0.4 is 10.6 Å². The first-order valence-electron chi connectivity index (χ1n) is 8.46. The molecule has 0 bridgehead atoms. The Morgan fingerprint density at radius 1 is 1.12 bits per heavy atom. The molecule has 0 aliphatic heterocycles. The number of nitrogens with zero attached hydrogens (tertiary/aromatic N) is 3. The number of anilines is 1. The maximum absolute atomic E-state index is 11.7. The van der Waals surface area contributed by atoms with Crippen LogP contribution in [-0.4, -0.2) is 34.5 Å². The van der Waals surface area contributed by atoms with E-state index in [2.05, 4.69) is 25.6 Å². The molecule has 2 N–H and O–H groups in total. The number of rotatable bonds is 6. The fourth-order valence-electron chi connectivity index (χ4n) is 2.63. The molecule has 0 aliphatic rings. The Morgan fingerprint density at radius 3 is 2.77 bits per heavy atom. The van der Waals surface area contributed by atoms with Gasteiger partial charge in [0.1, 0.15) is 5.82 Å². The Bertz CT molecular complexity index is 896. The van der Waals surface area contributed by atoms with Crippen LogP contribution in [0.3, 0.4) is 0 Å². The Balaban J connectivity index is 1.67. The number of aryl methyl sites for hydroxylation is 1. The number of nitrogens with one attached hydrogen (secondary N) is 2. The maximum Gasteiger partial charge on any atom is 0.251 e. The summed E-state index contributed by atoms with van der Waals surface area (Å²) in [6.45, 7) is 2.65. The predicted molar refractivity (Wildman–Crippen MR) is 102 cm³/mol. The summed E-state index contributed by atoms with van der Waals surface area (Å²) in [4.78, 5) is 24.9. The molecular weight excluding hydrogens is 326 g/mol. The highest BCUT2D eigenvalue weighted by Crippen LogP contribution is 2.16. The summed E-state index contributed by atoms with van der Waals surface area (Å²) in [6.07, 6.45) is 4.27. The fraction of sp³-hybridized carbons (Fsp3) is 0.200. The van der Waals surface area contributed by atoms with E-state index in [0.29, 0.717) is 17.9 Å². The van der Waals surface area contributed by atoms with Crippen LogP contribution in [-0.2, 0) is 6.42 Å². The second-order valence-corrected chi connectivity index (χ2v) is 5.92. The lowest BCUT2D eigenvalue weighted by atomic mass is 10.1. The molecule has 3 aromatic rings. The van der Waals surface area contributed by atoms with E-state index in [1.165, 1.54) is 0 Å². The van der Waals surface area contributed by atoms with Crippen molar-refractivity contribution in [3.05, 3.63) is 71.7 Å². The molecule has 0 spiro atoms. The third kappa shape index (κ3) is 4.42. The van der Waals surface area contributed by atoms with Gasteiger partial charge in [0, 0.05) is 48.9 Å². The second-order valence-electron chi connectivity index (χ2n) is 5.92. The van der Waals surface area contributed by atoms with Gasteiger partial charge in [-0.3, -0.25) is 9.78 Å². The lowest BCUT2D eigenvalue weighted by Gasteiger charge is -2.09. The number of carbonyl (C=O) groups excluding carboxylic acids is 1. The van der Waals surface area contributed by atoms with Crippen LogP contribution in [0.2, 0.25) is 0 Å². The van der Waals surface area contributed by atoms with Crippen molar-refractivity contribution >= 4 is 11.7 Å². The Morgan fingerprint density at radius 2 is 2.00 bits per heavy atom. The number of hydrogen-bond acceptors (Lipinski definition) is 5. The first-order chi connectivity index (χ1) is 12.7. The van der Waals surface area contributed by atoms with E-state index in [-0.39, 0.29) is 5.91 Å². The summed E-state index contributed by atoms with van der Waals surface area (Å²) in [6, 6.07) is 13.4. The fourth-order valence-corrected chi connectivity index (χ4v) is 2.63. The Kier molecular flexibility index (Phi) is 5.53. The van der Waals surface area contributed by atoms with Crippen LogP contribution >= 0.6 is 0 Å². The highest BCUT2D eigenvalue weighted by Gasteiger charge is 2.06. The van der Waals surface area contributed by atoms with Crippen LogP contribution in [0.1, 0.15) is 21.6 Å². The van der Waals surface area contributed by atoms with Gasteiger partial charge in [0.15, 0.2) is 5.82 Å². The van der Waals surface area contributed by atoms with Crippen LogP contribution in [0.15, 0.2) is 54.9 Å². The van der Waals surface area contributed by atoms with E-state index in [1.54, 1.807) is 19.4 Å². The number of benzene rings is 1. The molecule has 6 heteroatoms. The van der Waals surface area contributed by atoms with Gasteiger partial charge < -0.3 is 10.6 Å². The molecular formula is C20H21N5O. The van der Waals surface area contributed by atoms with E-state index in [9.17, 15) is 4.79 Å². The van der Waals surface area contributed by atoms with Gasteiger partial charge in [0.2, 0.25) is 0 Å². The number of amides is 1. The number of aromatic nitrogens is 3. The van der Waals surface area contributed by atoms with Crippen molar-refractivity contribution in [2.45, 2.75) is 13.3 Å². The van der Waals surface area contributed by atoms with Crippen molar-refractivity contribution < 1.29 is 4.79 Å². The summed E-state index contributed by atoms with van der Waals surface area (Å²) < 4.78 is 0. The summed E-state index contributed by atoms with van der Waals surface area (Å²) in [5.41, 5.74) is 3.54. The molecule has 0 atom stereocenters. The molecule has 0 saturated carbocycles. The van der Waals surface area contributed by atoms with Gasteiger partial charge >= 0.3 is 0 Å². The summed E-state index contributed by atoms with van der Waals surface area (Å²) in [5.74, 6) is 1.35. The molecule has 0 saturated heterocycles. The third-order valence-electron chi connectivity index (χ3n) is 3.91. The molecule has 3 rings (SSSR count). The van der Waals surface area contributed by atoms with Crippen LogP contribution in [0.4, 0.5) is 5.82 Å². The summed E-state index contributed by atoms with van der Waals surface area (Å²) in [7, 11) is 1.63. The molecule has 132 valence electrons. The lowest BCUT2D eigenvalue weighted by Crippen LogP contribution is -2.18. The van der Waals surface area contributed by atoms with Crippen molar-refractivity contribution in [2.24, 2.45) is 0 Å². The highest BCUT2D eigenvalue weighted by atomic mass is 16.1. The first-order valence-corrected chi connectivity index (χ1v) is 8.46. The van der Waals surface area contributed by atoms with E-state index in [4.69, 9.17) is 0 Å². The van der Waals surface area contributed by atoms with Crippen molar-refractivity contribution in [3.8, 4) is 11.4 Å². The Labute approximate surface area is 152 Å². The second kappa shape index (κ2) is 8.20. The van der Waals surface area contributed by atoms with Crippen LogP contribution in [0, 0.1) is 6.92 Å². The summed E-state index contributed by atoms with van der Waals surface area (Å²) >= 11 is 0. The smallest absolute Gasteiger partial charge is 0.251 e. The van der Waals surface area contributed by atoms with Crippen LogP contribution in [0.5, 0.6) is 0 Å². The van der Waals surface area contributed by atoms with E-state index in [0.717, 1.165) is 29.1 Å². The summed E-state index contributed by atoms with van der Waals surface area (Å²) in [5, 5.41) is 5.98. The van der Waals surface area contributed by atoms with E-state index >= 15 is 0 Å². The minimum absolute atomic E-state index is 0.0765. The number of hydrogen-bond donors (Lipinski definition) is 2. The zero-order valence-electron chi connectivity index (χ0n) is 14.9. The average molecular weight is 347 g/mol. The number of carbonyl (C=O) groups is 1.